The molecule has 1 aliphatic carbocycles. The number of nitrogens with zero attached hydrogens (tertiary/aromatic N) is 1. The largest absolute Gasteiger partial charge is 0.481 e. The topological polar surface area (TPSA) is 113 Å². The molecule has 0 radical (unpaired) electrons. The third-order valence-electron chi connectivity index (χ3n) is 4.01. The van der Waals surface area contributed by atoms with E-state index >= 15 is 0 Å². The summed E-state index contributed by atoms with van der Waals surface area (Å²) in [7, 11) is 0. The number of carboxylic acid groups (broad SMARTS) is 2. The summed E-state index contributed by atoms with van der Waals surface area (Å²) in [6.07, 6.45) is 0.0706. The Morgan fingerprint density at radius 2 is 1.88 bits per heavy atom. The molecule has 24 heavy (non-hydrogen) atoms. The van der Waals surface area contributed by atoms with Crippen LogP contribution in [-0.4, -0.2) is 27.4 Å². The molecule has 1 aromatic carbocycles. The van der Waals surface area contributed by atoms with E-state index in [1.807, 2.05) is 0 Å². The Morgan fingerprint density at radius 1 is 1.21 bits per heavy atom. The smallest absolute Gasteiger partial charge is 0.409 e. The zero-order chi connectivity index (χ0) is 17.3. The van der Waals surface area contributed by atoms with Gasteiger partial charge in [0.25, 0.3) is 0 Å². The zero-order valence-electron chi connectivity index (χ0n) is 12.8. The molecule has 0 unspecified atom stereocenters. The first-order valence-electron chi connectivity index (χ1n) is 7.24. The van der Waals surface area contributed by atoms with Gasteiger partial charge in [-0.3, -0.25) is 10.1 Å². The third-order valence-corrected chi connectivity index (χ3v) is 4.01. The van der Waals surface area contributed by atoms with Gasteiger partial charge >= 0.3 is 12.1 Å². The third kappa shape index (κ3) is 2.82. The molecule has 1 aromatic heterocycles. The van der Waals surface area contributed by atoms with Crippen LogP contribution in [0.15, 0.2) is 28.8 Å². The lowest BCUT2D eigenvalue weighted by atomic mass is 9.95. The number of rotatable bonds is 3. The Hall–Kier alpha value is -3.27. The van der Waals surface area contributed by atoms with Crippen LogP contribution in [0.2, 0.25) is 0 Å². The number of hydrogen-bond acceptors (Lipinski definition) is 4. The molecule has 1 saturated carbocycles. The molecule has 0 bridgehead atoms. The molecule has 1 heterocycles. The Morgan fingerprint density at radius 3 is 2.42 bits per heavy atom. The van der Waals surface area contributed by atoms with Crippen LogP contribution in [0.1, 0.15) is 35.4 Å². The van der Waals surface area contributed by atoms with Crippen molar-refractivity contribution in [1.29, 1.82) is 0 Å². The molecular formula is C17H14N2O5. The van der Waals surface area contributed by atoms with Gasteiger partial charge in [0.05, 0.1) is 5.41 Å². The van der Waals surface area contributed by atoms with Crippen LogP contribution in [0.4, 0.5) is 10.5 Å². The molecule has 0 aliphatic heterocycles. The summed E-state index contributed by atoms with van der Waals surface area (Å²) in [5.41, 5.74) is 1.30. The molecule has 7 nitrogen and oxygen atoms in total. The first-order chi connectivity index (χ1) is 11.4. The second-order valence-corrected chi connectivity index (χ2v) is 5.62. The van der Waals surface area contributed by atoms with Gasteiger partial charge in [-0.1, -0.05) is 23.2 Å². The lowest BCUT2D eigenvalue weighted by molar-refractivity contribution is -0.140. The molecule has 1 fully saturated rings. The van der Waals surface area contributed by atoms with E-state index in [9.17, 15) is 14.7 Å². The summed E-state index contributed by atoms with van der Waals surface area (Å²) in [6, 6.07) is 6.98. The minimum absolute atomic E-state index is 0.128. The lowest BCUT2D eigenvalue weighted by Gasteiger charge is -2.09. The first-order valence-corrected chi connectivity index (χ1v) is 7.24. The minimum atomic E-state index is -1.22. The summed E-state index contributed by atoms with van der Waals surface area (Å²) in [6.45, 7) is 1.61. The number of nitrogens with one attached hydrogen (secondary N) is 1. The Bertz CT molecular complexity index is 867. The Kier molecular flexibility index (Phi) is 3.73. The molecule has 1 aliphatic rings. The van der Waals surface area contributed by atoms with Crippen molar-refractivity contribution in [3.8, 4) is 11.8 Å². The monoisotopic (exact) mass is 326 g/mol. The van der Waals surface area contributed by atoms with E-state index in [2.05, 4.69) is 22.3 Å². The van der Waals surface area contributed by atoms with E-state index < -0.39 is 17.5 Å². The maximum Gasteiger partial charge on any atom is 0.409 e. The Labute approximate surface area is 137 Å². The van der Waals surface area contributed by atoms with Crippen LogP contribution in [0.25, 0.3) is 0 Å². The minimum Gasteiger partial charge on any atom is -0.481 e. The molecule has 7 heteroatoms. The van der Waals surface area contributed by atoms with Crippen molar-refractivity contribution in [3.63, 3.8) is 0 Å². The molecule has 3 N–H and O–H groups in total. The second kappa shape index (κ2) is 5.74. The van der Waals surface area contributed by atoms with Gasteiger partial charge in [0.1, 0.15) is 11.4 Å². The van der Waals surface area contributed by atoms with Crippen molar-refractivity contribution in [1.82, 2.24) is 5.16 Å². The summed E-state index contributed by atoms with van der Waals surface area (Å²) >= 11 is 0. The van der Waals surface area contributed by atoms with Gasteiger partial charge in [-0.15, -0.1) is 0 Å². The highest BCUT2D eigenvalue weighted by molar-refractivity contribution is 5.85. The number of anilines is 1. The van der Waals surface area contributed by atoms with E-state index in [1.54, 1.807) is 31.2 Å². The van der Waals surface area contributed by atoms with Gasteiger partial charge in [0.2, 0.25) is 5.76 Å². The zero-order valence-corrected chi connectivity index (χ0v) is 12.8. The van der Waals surface area contributed by atoms with Gasteiger partial charge in [-0.2, -0.15) is 0 Å². The fourth-order valence-corrected chi connectivity index (χ4v) is 2.46. The quantitative estimate of drug-likeness (QED) is 0.747. The molecule has 1 amide bonds. The highest BCUT2D eigenvalue weighted by Gasteiger charge is 2.51. The van der Waals surface area contributed by atoms with Crippen LogP contribution < -0.4 is 5.32 Å². The summed E-state index contributed by atoms with van der Waals surface area (Å²) in [5, 5.41) is 24.0. The van der Waals surface area contributed by atoms with Gasteiger partial charge in [0.15, 0.2) is 0 Å². The van der Waals surface area contributed by atoms with Crippen molar-refractivity contribution in [3.05, 3.63) is 46.8 Å². The van der Waals surface area contributed by atoms with Gasteiger partial charge < -0.3 is 14.7 Å². The van der Waals surface area contributed by atoms with Crippen molar-refractivity contribution in [2.24, 2.45) is 0 Å². The molecular weight excluding hydrogens is 312 g/mol. The van der Waals surface area contributed by atoms with E-state index in [1.165, 1.54) is 0 Å². The van der Waals surface area contributed by atoms with E-state index in [0.29, 0.717) is 24.1 Å². The lowest BCUT2D eigenvalue weighted by Crippen LogP contribution is -2.19. The number of benzene rings is 1. The van der Waals surface area contributed by atoms with Crippen molar-refractivity contribution in [2.75, 3.05) is 5.32 Å². The van der Waals surface area contributed by atoms with Crippen LogP contribution >= 0.6 is 0 Å². The number of amides is 1. The summed E-state index contributed by atoms with van der Waals surface area (Å²) in [5.74, 6) is 4.91. The molecule has 0 atom stereocenters. The highest BCUT2D eigenvalue weighted by atomic mass is 16.5. The molecule has 0 spiro atoms. The highest BCUT2D eigenvalue weighted by Crippen LogP contribution is 2.48. The molecule has 0 saturated heterocycles. The molecule has 3 rings (SSSR count). The average Bonchev–Trinajstić information content (AvgIpc) is 3.29. The number of aliphatic carboxylic acids is 1. The van der Waals surface area contributed by atoms with Crippen LogP contribution in [0, 0.1) is 18.8 Å². The fourth-order valence-electron chi connectivity index (χ4n) is 2.46. The maximum absolute atomic E-state index is 11.3. The number of aryl methyl sites for hydroxylation is 1. The number of hydrogen-bond donors (Lipinski definition) is 3. The van der Waals surface area contributed by atoms with E-state index in [4.69, 9.17) is 9.63 Å². The number of carbonyl (C=O) groups is 2. The van der Waals surface area contributed by atoms with Gasteiger partial charge in [-0.25, -0.2) is 4.79 Å². The standard InChI is InChI=1S/C17H14N2O5/c1-10-14(18-16(22)23)13(24-19-10)7-4-11-2-5-12(6-3-11)17(8-9-17)15(20)21/h2-3,5-6,18H,8-9H2,1H3,(H,20,21)(H,22,23). The maximum atomic E-state index is 11.3. The van der Waals surface area contributed by atoms with Crippen molar-refractivity contribution >= 4 is 17.7 Å². The average molecular weight is 326 g/mol. The predicted molar refractivity (Wildman–Crippen MR) is 83.9 cm³/mol. The van der Waals surface area contributed by atoms with Crippen LogP contribution in [-0.2, 0) is 10.2 Å². The summed E-state index contributed by atoms with van der Waals surface area (Å²) in [4.78, 5) is 22.1. The molecule has 122 valence electrons. The van der Waals surface area contributed by atoms with Crippen molar-refractivity contribution < 1.29 is 24.3 Å². The Balaban J connectivity index is 1.82. The summed E-state index contributed by atoms with van der Waals surface area (Å²) < 4.78 is 5.01. The number of carboxylic acids is 1. The fraction of sp³-hybridized carbons (Fsp3) is 0.235. The van der Waals surface area contributed by atoms with Gasteiger partial charge in [-0.05, 0) is 43.4 Å². The SMILES string of the molecule is Cc1noc(C#Cc2ccc(C3(C(=O)O)CC3)cc2)c1NC(=O)O. The normalized spacial score (nSPS) is 14.4. The van der Waals surface area contributed by atoms with E-state index in [0.717, 1.165) is 5.56 Å². The van der Waals surface area contributed by atoms with Gasteiger partial charge in [0, 0.05) is 5.56 Å². The first kappa shape index (κ1) is 15.6. The van der Waals surface area contributed by atoms with Crippen LogP contribution in [0.5, 0.6) is 0 Å². The number of aromatic nitrogens is 1. The molecule has 2 aromatic rings. The van der Waals surface area contributed by atoms with Crippen LogP contribution in [0.3, 0.4) is 0 Å². The predicted octanol–water partition coefficient (Wildman–Crippen LogP) is 2.59. The van der Waals surface area contributed by atoms with E-state index in [-0.39, 0.29) is 11.4 Å². The second-order valence-electron chi connectivity index (χ2n) is 5.62. The van der Waals surface area contributed by atoms with Crippen molar-refractivity contribution in [2.45, 2.75) is 25.2 Å².